The van der Waals surface area contributed by atoms with Crippen LogP contribution in [0.25, 0.3) is 11.0 Å². The van der Waals surface area contributed by atoms with Crippen LogP contribution in [0.1, 0.15) is 0 Å². The molecule has 2 heterocycles. The number of nitrogen functional groups attached to an aromatic ring is 2. The van der Waals surface area contributed by atoms with Crippen molar-refractivity contribution in [1.29, 1.82) is 0 Å². The molecule has 0 amide bonds. The number of nitrogens with zero attached hydrogens (tertiary/aromatic N) is 2. The highest BCUT2D eigenvalue weighted by molar-refractivity contribution is 5.97. The molecule has 5 N–H and O–H groups in total. The van der Waals surface area contributed by atoms with Crippen molar-refractivity contribution in [2.24, 2.45) is 0 Å². The molecule has 0 aromatic carbocycles. The summed E-state index contributed by atoms with van der Waals surface area (Å²) < 4.78 is 3.30. The molecule has 0 saturated heterocycles. The zero-order valence-corrected chi connectivity index (χ0v) is 8.47. The van der Waals surface area contributed by atoms with Crippen molar-refractivity contribution in [2.75, 3.05) is 25.2 Å². The van der Waals surface area contributed by atoms with E-state index < -0.39 is 0 Å². The first-order valence-corrected chi connectivity index (χ1v) is 4.60. The Hall–Kier alpha value is -1.82. The summed E-state index contributed by atoms with van der Waals surface area (Å²) in [6.07, 6.45) is 1.84. The molecule has 0 saturated carbocycles. The lowest BCUT2D eigenvalue weighted by Crippen LogP contribution is -2.13. The van der Waals surface area contributed by atoms with Gasteiger partial charge < -0.3 is 26.0 Å². The second-order valence-corrected chi connectivity index (χ2v) is 3.25. The Morgan fingerprint density at radius 3 is 2.80 bits per heavy atom. The number of anilines is 2. The van der Waals surface area contributed by atoms with E-state index in [0.29, 0.717) is 18.1 Å². The van der Waals surface area contributed by atoms with Gasteiger partial charge in [-0.3, -0.25) is 0 Å². The van der Waals surface area contributed by atoms with Crippen molar-refractivity contribution in [2.45, 2.75) is 6.54 Å². The molecular weight excluding hydrogens is 196 g/mol. The fourth-order valence-corrected chi connectivity index (χ4v) is 1.74. The first-order valence-electron chi connectivity index (χ1n) is 4.60. The first kappa shape index (κ1) is 9.72. The van der Waals surface area contributed by atoms with Gasteiger partial charge >= 0.3 is 0 Å². The molecule has 0 radical (unpaired) electrons. The summed E-state index contributed by atoms with van der Waals surface area (Å²) in [5.41, 5.74) is 12.9. The summed E-state index contributed by atoms with van der Waals surface area (Å²) in [4.78, 5) is 5.13. The third-order valence-electron chi connectivity index (χ3n) is 2.43. The SMILES string of the molecule is COn1c(N)c(N)c2ccn(CCO)c21. The number of aliphatic hydroxyl groups is 1. The molecule has 6 heteroatoms. The quantitative estimate of drug-likeness (QED) is 0.646. The van der Waals surface area contributed by atoms with Crippen molar-refractivity contribution in [3.8, 4) is 0 Å². The summed E-state index contributed by atoms with van der Waals surface area (Å²) >= 11 is 0. The molecule has 82 valence electrons. The highest BCUT2D eigenvalue weighted by Gasteiger charge is 2.16. The monoisotopic (exact) mass is 210 g/mol. The van der Waals surface area contributed by atoms with Crippen molar-refractivity contribution in [3.05, 3.63) is 12.3 Å². The van der Waals surface area contributed by atoms with Crippen LogP contribution in [0, 0.1) is 0 Å². The zero-order valence-electron chi connectivity index (χ0n) is 8.47. The van der Waals surface area contributed by atoms with E-state index in [1.807, 2.05) is 16.8 Å². The Morgan fingerprint density at radius 2 is 2.20 bits per heavy atom. The average Bonchev–Trinajstić information content (AvgIpc) is 2.72. The van der Waals surface area contributed by atoms with Crippen molar-refractivity contribution < 1.29 is 9.94 Å². The molecular formula is C9H14N4O2. The second kappa shape index (κ2) is 3.39. The average molecular weight is 210 g/mol. The third-order valence-corrected chi connectivity index (χ3v) is 2.43. The molecule has 2 rings (SSSR count). The van der Waals surface area contributed by atoms with Crippen LogP contribution < -0.4 is 16.3 Å². The topological polar surface area (TPSA) is 91.4 Å². The number of hydrogen-bond acceptors (Lipinski definition) is 4. The number of hydrogen-bond donors (Lipinski definition) is 3. The van der Waals surface area contributed by atoms with Gasteiger partial charge in [-0.05, 0) is 6.07 Å². The number of fused-ring (bicyclic) bond motifs is 1. The van der Waals surface area contributed by atoms with Crippen molar-refractivity contribution >= 4 is 22.5 Å². The van der Waals surface area contributed by atoms with Crippen LogP contribution in [0.3, 0.4) is 0 Å². The maximum atomic E-state index is 8.90. The first-order chi connectivity index (χ1) is 7.20. The molecule has 2 aromatic heterocycles. The minimum atomic E-state index is 0.0541. The Kier molecular flexibility index (Phi) is 2.20. The number of aromatic nitrogens is 2. The van der Waals surface area contributed by atoms with E-state index >= 15 is 0 Å². The van der Waals surface area contributed by atoms with E-state index in [4.69, 9.17) is 21.4 Å². The highest BCUT2D eigenvalue weighted by Crippen LogP contribution is 2.30. The molecule has 2 aromatic rings. The molecule has 0 aliphatic rings. The van der Waals surface area contributed by atoms with Gasteiger partial charge in [-0.1, -0.05) is 0 Å². The van der Waals surface area contributed by atoms with Gasteiger partial charge in [-0.25, -0.2) is 0 Å². The smallest absolute Gasteiger partial charge is 0.166 e. The van der Waals surface area contributed by atoms with Gasteiger partial charge in [0.05, 0.1) is 12.3 Å². The fourth-order valence-electron chi connectivity index (χ4n) is 1.74. The predicted molar refractivity (Wildman–Crippen MR) is 58.3 cm³/mol. The molecule has 0 fully saturated rings. The molecule has 0 bridgehead atoms. The van der Waals surface area contributed by atoms with Crippen LogP contribution in [0.15, 0.2) is 12.3 Å². The van der Waals surface area contributed by atoms with E-state index in [-0.39, 0.29) is 6.61 Å². The second-order valence-electron chi connectivity index (χ2n) is 3.25. The van der Waals surface area contributed by atoms with Gasteiger partial charge in [-0.15, -0.1) is 4.73 Å². The molecule has 15 heavy (non-hydrogen) atoms. The van der Waals surface area contributed by atoms with Gasteiger partial charge in [0.1, 0.15) is 7.11 Å². The van der Waals surface area contributed by atoms with Crippen molar-refractivity contribution in [3.63, 3.8) is 0 Å². The van der Waals surface area contributed by atoms with Crippen molar-refractivity contribution in [1.82, 2.24) is 9.30 Å². The molecule has 0 spiro atoms. The van der Waals surface area contributed by atoms with Crippen LogP contribution in [-0.2, 0) is 6.54 Å². The summed E-state index contributed by atoms with van der Waals surface area (Å²) in [6.45, 7) is 0.536. The fraction of sp³-hybridized carbons (Fsp3) is 0.333. The standard InChI is InChI=1S/C9H14N4O2/c1-15-13-8(11)7(10)6-2-3-12(4-5-14)9(6)13/h2-3,14H,4-5,10-11H2,1H3. The largest absolute Gasteiger partial charge is 0.414 e. The maximum Gasteiger partial charge on any atom is 0.166 e. The van der Waals surface area contributed by atoms with E-state index in [1.165, 1.54) is 11.8 Å². The molecule has 0 unspecified atom stereocenters. The lowest BCUT2D eigenvalue weighted by atomic mass is 10.3. The van der Waals surface area contributed by atoms with Crippen LogP contribution in [0.4, 0.5) is 11.5 Å². The lowest BCUT2D eigenvalue weighted by molar-refractivity contribution is 0.180. The molecule has 6 nitrogen and oxygen atoms in total. The van der Waals surface area contributed by atoms with E-state index in [1.54, 1.807) is 0 Å². The summed E-state index contributed by atoms with van der Waals surface area (Å²) in [5, 5.41) is 9.74. The minimum absolute atomic E-state index is 0.0541. The molecule has 0 aliphatic heterocycles. The lowest BCUT2D eigenvalue weighted by Gasteiger charge is -2.07. The minimum Gasteiger partial charge on any atom is -0.414 e. The van der Waals surface area contributed by atoms with E-state index in [2.05, 4.69) is 0 Å². The Morgan fingerprint density at radius 1 is 1.47 bits per heavy atom. The van der Waals surface area contributed by atoms with Gasteiger partial charge in [-0.2, -0.15) is 0 Å². The van der Waals surface area contributed by atoms with E-state index in [0.717, 1.165) is 11.0 Å². The number of aliphatic hydroxyl groups excluding tert-OH is 1. The van der Waals surface area contributed by atoms with E-state index in [9.17, 15) is 0 Å². The number of nitrogens with two attached hydrogens (primary N) is 2. The summed E-state index contributed by atoms with van der Waals surface area (Å²) in [6, 6.07) is 1.85. The zero-order chi connectivity index (χ0) is 11.0. The molecule has 0 atom stereocenters. The van der Waals surface area contributed by atoms with Crippen LogP contribution in [-0.4, -0.2) is 28.1 Å². The summed E-state index contributed by atoms with van der Waals surface area (Å²) in [7, 11) is 1.52. The number of rotatable bonds is 3. The third kappa shape index (κ3) is 1.22. The van der Waals surface area contributed by atoms with Crippen LogP contribution in [0.5, 0.6) is 0 Å². The van der Waals surface area contributed by atoms with Crippen LogP contribution in [0.2, 0.25) is 0 Å². The van der Waals surface area contributed by atoms with Gasteiger partial charge in [0.15, 0.2) is 11.5 Å². The maximum absolute atomic E-state index is 8.90. The normalized spacial score (nSPS) is 11.1. The van der Waals surface area contributed by atoms with Gasteiger partial charge in [0.2, 0.25) is 0 Å². The molecule has 0 aliphatic carbocycles. The Labute approximate surface area is 86.6 Å². The van der Waals surface area contributed by atoms with Gasteiger partial charge in [0.25, 0.3) is 0 Å². The summed E-state index contributed by atoms with van der Waals surface area (Å²) in [5.74, 6) is 0.384. The van der Waals surface area contributed by atoms with Gasteiger partial charge in [0, 0.05) is 18.1 Å². The Balaban J connectivity index is 2.71. The predicted octanol–water partition coefficient (Wildman–Crippen LogP) is -0.342. The highest BCUT2D eigenvalue weighted by atomic mass is 16.6. The van der Waals surface area contributed by atoms with Crippen LogP contribution >= 0.6 is 0 Å². The Bertz CT molecular complexity index is 486.